The zero-order valence-electron chi connectivity index (χ0n) is 15.4. The van der Waals surface area contributed by atoms with Gasteiger partial charge in [-0.25, -0.2) is 0 Å². The van der Waals surface area contributed by atoms with Crippen molar-refractivity contribution in [3.8, 4) is 11.5 Å². The van der Waals surface area contributed by atoms with Crippen LogP contribution in [0.5, 0.6) is 11.5 Å². The molecule has 28 heavy (non-hydrogen) atoms. The van der Waals surface area contributed by atoms with E-state index in [9.17, 15) is 14.4 Å². The maximum atomic E-state index is 12.1. The molecule has 0 spiro atoms. The number of benzene rings is 2. The molecule has 0 radical (unpaired) electrons. The van der Waals surface area contributed by atoms with E-state index in [4.69, 9.17) is 14.6 Å². The fourth-order valence-electron chi connectivity index (χ4n) is 2.28. The first kappa shape index (κ1) is 20.5. The van der Waals surface area contributed by atoms with E-state index >= 15 is 0 Å². The molecule has 2 aromatic rings. The summed E-state index contributed by atoms with van der Waals surface area (Å²) < 4.78 is 10.4. The van der Waals surface area contributed by atoms with Crippen molar-refractivity contribution in [1.82, 2.24) is 5.32 Å². The molecule has 0 aliphatic rings. The van der Waals surface area contributed by atoms with Crippen molar-refractivity contribution in [2.24, 2.45) is 0 Å². The average Bonchev–Trinajstić information content (AvgIpc) is 2.70. The van der Waals surface area contributed by atoms with Gasteiger partial charge in [0.05, 0.1) is 14.2 Å². The van der Waals surface area contributed by atoms with Gasteiger partial charge in [-0.05, 0) is 48.0 Å². The van der Waals surface area contributed by atoms with Gasteiger partial charge in [0.15, 0.2) is 11.5 Å². The molecule has 0 aliphatic carbocycles. The van der Waals surface area contributed by atoms with Crippen molar-refractivity contribution in [2.75, 3.05) is 26.1 Å². The Hall–Kier alpha value is -3.81. The summed E-state index contributed by atoms with van der Waals surface area (Å²) in [6.45, 7) is -0.460. The van der Waals surface area contributed by atoms with E-state index in [2.05, 4.69) is 10.6 Å². The summed E-state index contributed by atoms with van der Waals surface area (Å²) >= 11 is 0. The van der Waals surface area contributed by atoms with E-state index in [0.717, 1.165) is 5.56 Å². The summed E-state index contributed by atoms with van der Waals surface area (Å²) in [6, 6.07) is 11.4. The normalized spacial score (nSPS) is 10.4. The first-order valence-corrected chi connectivity index (χ1v) is 8.24. The molecule has 0 fully saturated rings. The van der Waals surface area contributed by atoms with Crippen LogP contribution in [-0.2, 0) is 9.59 Å². The highest BCUT2D eigenvalue weighted by Crippen LogP contribution is 2.27. The van der Waals surface area contributed by atoms with Crippen LogP contribution < -0.4 is 20.1 Å². The van der Waals surface area contributed by atoms with Crippen molar-refractivity contribution in [3.05, 3.63) is 59.7 Å². The molecule has 2 aromatic carbocycles. The first-order chi connectivity index (χ1) is 13.4. The predicted molar refractivity (Wildman–Crippen MR) is 104 cm³/mol. The van der Waals surface area contributed by atoms with Gasteiger partial charge in [-0.1, -0.05) is 6.07 Å². The molecule has 0 unspecified atom stereocenters. The molecule has 0 aliphatic heterocycles. The molecule has 0 saturated heterocycles. The minimum absolute atomic E-state index is 0.292. The molecule has 8 nitrogen and oxygen atoms in total. The lowest BCUT2D eigenvalue weighted by Gasteiger charge is -2.07. The minimum atomic E-state index is -1.13. The fraction of sp³-hybridized carbons (Fsp3) is 0.150. The Morgan fingerprint density at radius 2 is 1.68 bits per heavy atom. The molecule has 2 amide bonds. The molecule has 0 aromatic heterocycles. The van der Waals surface area contributed by atoms with Crippen LogP contribution in [0.1, 0.15) is 15.9 Å². The van der Waals surface area contributed by atoms with Crippen molar-refractivity contribution in [1.29, 1.82) is 0 Å². The van der Waals surface area contributed by atoms with Crippen molar-refractivity contribution in [2.45, 2.75) is 0 Å². The third-order valence-corrected chi connectivity index (χ3v) is 3.65. The van der Waals surface area contributed by atoms with Crippen LogP contribution in [0, 0.1) is 0 Å². The number of amides is 2. The Bertz CT molecular complexity index is 890. The van der Waals surface area contributed by atoms with Crippen LogP contribution in [-0.4, -0.2) is 43.7 Å². The summed E-state index contributed by atoms with van der Waals surface area (Å²) in [5, 5.41) is 13.5. The summed E-state index contributed by atoms with van der Waals surface area (Å²) in [6.07, 6.45) is 3.00. The summed E-state index contributed by atoms with van der Waals surface area (Å²) in [5.74, 6) is -0.830. The molecule has 0 atom stereocenters. The lowest BCUT2D eigenvalue weighted by molar-refractivity contribution is -0.135. The molecule has 146 valence electrons. The molecule has 3 N–H and O–H groups in total. The number of hydrogen-bond donors (Lipinski definition) is 3. The molecule has 0 heterocycles. The predicted octanol–water partition coefficient (Wildman–Crippen LogP) is 2.17. The zero-order chi connectivity index (χ0) is 20.5. The second kappa shape index (κ2) is 9.77. The van der Waals surface area contributed by atoms with E-state index in [-0.39, 0.29) is 5.91 Å². The Balaban J connectivity index is 1.96. The van der Waals surface area contributed by atoms with E-state index < -0.39 is 18.4 Å². The molecular formula is C20H20N2O6. The SMILES string of the molecule is COc1ccc(/C=C/C(=O)Nc2ccc(C(=O)NCC(=O)O)cc2)cc1OC. The van der Waals surface area contributed by atoms with Crippen LogP contribution in [0.15, 0.2) is 48.5 Å². The maximum Gasteiger partial charge on any atom is 0.322 e. The van der Waals surface area contributed by atoms with Crippen LogP contribution in [0.4, 0.5) is 5.69 Å². The Morgan fingerprint density at radius 1 is 1.00 bits per heavy atom. The number of rotatable bonds is 8. The van der Waals surface area contributed by atoms with Crippen molar-refractivity contribution < 1.29 is 29.0 Å². The van der Waals surface area contributed by atoms with Gasteiger partial charge in [0, 0.05) is 17.3 Å². The van der Waals surface area contributed by atoms with E-state index in [1.807, 2.05) is 0 Å². The smallest absolute Gasteiger partial charge is 0.322 e. The number of carbonyl (C=O) groups is 3. The lowest BCUT2D eigenvalue weighted by atomic mass is 10.1. The number of carbonyl (C=O) groups excluding carboxylic acids is 2. The third-order valence-electron chi connectivity index (χ3n) is 3.65. The van der Waals surface area contributed by atoms with Gasteiger partial charge in [0.1, 0.15) is 6.54 Å². The number of carboxylic acids is 1. The number of anilines is 1. The molecule has 0 bridgehead atoms. The summed E-state index contributed by atoms with van der Waals surface area (Å²) in [7, 11) is 3.07. The van der Waals surface area contributed by atoms with Gasteiger partial charge in [-0.3, -0.25) is 14.4 Å². The van der Waals surface area contributed by atoms with Gasteiger partial charge in [-0.15, -0.1) is 0 Å². The van der Waals surface area contributed by atoms with E-state index in [1.54, 1.807) is 43.5 Å². The number of hydrogen-bond acceptors (Lipinski definition) is 5. The van der Waals surface area contributed by atoms with Crippen LogP contribution in [0.25, 0.3) is 6.08 Å². The van der Waals surface area contributed by atoms with Crippen LogP contribution in [0.2, 0.25) is 0 Å². The standard InChI is InChI=1S/C20H20N2O6/c1-27-16-9-3-13(11-17(16)28-2)4-10-18(23)22-15-7-5-14(6-8-15)20(26)21-12-19(24)25/h3-11H,12H2,1-2H3,(H,21,26)(H,22,23)(H,24,25)/b10-4+. The first-order valence-electron chi connectivity index (χ1n) is 8.24. The number of nitrogens with one attached hydrogen (secondary N) is 2. The van der Waals surface area contributed by atoms with Gasteiger partial charge < -0.3 is 25.2 Å². The lowest BCUT2D eigenvalue weighted by Crippen LogP contribution is -2.29. The summed E-state index contributed by atoms with van der Waals surface area (Å²) in [4.78, 5) is 34.3. The second-order valence-electron chi connectivity index (χ2n) is 5.59. The molecular weight excluding hydrogens is 364 g/mol. The summed E-state index contributed by atoms with van der Waals surface area (Å²) in [5.41, 5.74) is 1.55. The van der Waals surface area contributed by atoms with E-state index in [1.165, 1.54) is 25.3 Å². The van der Waals surface area contributed by atoms with Gasteiger partial charge in [-0.2, -0.15) is 0 Å². The Kier molecular flexibility index (Phi) is 7.15. The van der Waals surface area contributed by atoms with Gasteiger partial charge in [0.25, 0.3) is 5.91 Å². The molecule has 8 heteroatoms. The minimum Gasteiger partial charge on any atom is -0.493 e. The zero-order valence-corrected chi connectivity index (χ0v) is 15.4. The van der Waals surface area contributed by atoms with Crippen molar-refractivity contribution >= 4 is 29.5 Å². The Morgan fingerprint density at radius 3 is 2.29 bits per heavy atom. The highest BCUT2D eigenvalue weighted by molar-refractivity contribution is 6.02. The fourth-order valence-corrected chi connectivity index (χ4v) is 2.28. The molecule has 2 rings (SSSR count). The molecule has 0 saturated carbocycles. The van der Waals surface area contributed by atoms with Gasteiger partial charge in [0.2, 0.25) is 5.91 Å². The van der Waals surface area contributed by atoms with Crippen LogP contribution in [0.3, 0.4) is 0 Å². The third kappa shape index (κ3) is 5.87. The topological polar surface area (TPSA) is 114 Å². The van der Waals surface area contributed by atoms with Gasteiger partial charge >= 0.3 is 5.97 Å². The monoisotopic (exact) mass is 384 g/mol. The quantitative estimate of drug-likeness (QED) is 0.601. The second-order valence-corrected chi connectivity index (χ2v) is 5.59. The van der Waals surface area contributed by atoms with Crippen LogP contribution >= 0.6 is 0 Å². The van der Waals surface area contributed by atoms with Crippen molar-refractivity contribution in [3.63, 3.8) is 0 Å². The number of aliphatic carboxylic acids is 1. The largest absolute Gasteiger partial charge is 0.493 e. The van der Waals surface area contributed by atoms with E-state index in [0.29, 0.717) is 22.7 Å². The number of ether oxygens (including phenoxy) is 2. The highest BCUT2D eigenvalue weighted by atomic mass is 16.5. The Labute approximate surface area is 161 Å². The highest BCUT2D eigenvalue weighted by Gasteiger charge is 2.07. The number of methoxy groups -OCH3 is 2. The number of carboxylic acid groups (broad SMARTS) is 1. The maximum absolute atomic E-state index is 12.1. The average molecular weight is 384 g/mol.